The van der Waals surface area contributed by atoms with Gasteiger partial charge >= 0.3 is 0 Å². The highest BCUT2D eigenvalue weighted by atomic mass is 19.2. The standard InChI is InChI=1S/C13H18F2N2/c1-7-4-5-8(11(15)10(7)14)12(17-16)9-6-13(9,2)3/h4-5,9,12,17H,6,16H2,1-3H3. The predicted molar refractivity (Wildman–Crippen MR) is 63.0 cm³/mol. The number of hydrogen-bond acceptors (Lipinski definition) is 2. The summed E-state index contributed by atoms with van der Waals surface area (Å²) in [5, 5.41) is 0. The number of hydrogen-bond donors (Lipinski definition) is 2. The average molecular weight is 240 g/mol. The first-order valence-electron chi connectivity index (χ1n) is 5.79. The average Bonchev–Trinajstić information content (AvgIpc) is 2.89. The lowest BCUT2D eigenvalue weighted by atomic mass is 9.96. The second-order valence-corrected chi connectivity index (χ2v) is 5.54. The first-order chi connectivity index (χ1) is 7.88. The van der Waals surface area contributed by atoms with Crippen molar-refractivity contribution in [2.75, 3.05) is 0 Å². The second kappa shape index (κ2) is 4.03. The third-order valence-corrected chi connectivity index (χ3v) is 3.81. The molecule has 0 amide bonds. The molecule has 0 radical (unpaired) electrons. The molecule has 0 bridgehead atoms. The Balaban J connectivity index is 2.36. The highest BCUT2D eigenvalue weighted by Crippen LogP contribution is 2.57. The van der Waals surface area contributed by atoms with Crippen LogP contribution in [0.4, 0.5) is 8.78 Å². The zero-order valence-corrected chi connectivity index (χ0v) is 10.3. The summed E-state index contributed by atoms with van der Waals surface area (Å²) in [7, 11) is 0. The van der Waals surface area contributed by atoms with Crippen molar-refractivity contribution in [1.82, 2.24) is 5.43 Å². The number of halogens is 2. The molecule has 2 atom stereocenters. The Kier molecular flexibility index (Phi) is 2.96. The minimum Gasteiger partial charge on any atom is -0.271 e. The lowest BCUT2D eigenvalue weighted by Gasteiger charge is -2.19. The molecule has 1 aromatic rings. The van der Waals surface area contributed by atoms with E-state index in [1.165, 1.54) is 0 Å². The van der Waals surface area contributed by atoms with E-state index in [0.717, 1.165) is 6.42 Å². The number of benzene rings is 1. The highest BCUT2D eigenvalue weighted by Gasteiger charge is 2.50. The van der Waals surface area contributed by atoms with Crippen molar-refractivity contribution in [2.45, 2.75) is 33.2 Å². The van der Waals surface area contributed by atoms with Crippen LogP contribution in [0.3, 0.4) is 0 Å². The van der Waals surface area contributed by atoms with Crippen molar-refractivity contribution in [3.8, 4) is 0 Å². The fraction of sp³-hybridized carbons (Fsp3) is 0.538. The molecule has 2 rings (SSSR count). The van der Waals surface area contributed by atoms with Gasteiger partial charge in [-0.2, -0.15) is 0 Å². The smallest absolute Gasteiger partial charge is 0.163 e. The second-order valence-electron chi connectivity index (χ2n) is 5.54. The molecule has 17 heavy (non-hydrogen) atoms. The highest BCUT2D eigenvalue weighted by molar-refractivity contribution is 5.30. The van der Waals surface area contributed by atoms with E-state index >= 15 is 0 Å². The van der Waals surface area contributed by atoms with Gasteiger partial charge in [0.05, 0.1) is 6.04 Å². The van der Waals surface area contributed by atoms with Crippen molar-refractivity contribution >= 4 is 0 Å². The Hall–Kier alpha value is -1.00. The van der Waals surface area contributed by atoms with Crippen LogP contribution in [0, 0.1) is 29.9 Å². The third kappa shape index (κ3) is 2.07. The largest absolute Gasteiger partial charge is 0.271 e. The molecule has 0 spiro atoms. The van der Waals surface area contributed by atoms with E-state index in [1.807, 2.05) is 0 Å². The molecule has 2 nitrogen and oxygen atoms in total. The molecule has 0 aromatic heterocycles. The molecular weight excluding hydrogens is 222 g/mol. The predicted octanol–water partition coefficient (Wildman–Crippen LogP) is 2.82. The van der Waals surface area contributed by atoms with Gasteiger partial charge in [-0.1, -0.05) is 26.0 Å². The molecule has 2 unspecified atom stereocenters. The van der Waals surface area contributed by atoms with E-state index in [9.17, 15) is 8.78 Å². The van der Waals surface area contributed by atoms with Gasteiger partial charge in [-0.15, -0.1) is 0 Å². The third-order valence-electron chi connectivity index (χ3n) is 3.81. The van der Waals surface area contributed by atoms with Crippen molar-refractivity contribution in [3.05, 3.63) is 34.9 Å². The molecule has 1 aliphatic carbocycles. The molecule has 1 aromatic carbocycles. The monoisotopic (exact) mass is 240 g/mol. The first kappa shape index (κ1) is 12.5. The van der Waals surface area contributed by atoms with Gasteiger partial charge in [0.1, 0.15) is 0 Å². The molecule has 1 aliphatic rings. The summed E-state index contributed by atoms with van der Waals surface area (Å²) in [4.78, 5) is 0. The van der Waals surface area contributed by atoms with Crippen LogP contribution < -0.4 is 11.3 Å². The van der Waals surface area contributed by atoms with Gasteiger partial charge in [0.25, 0.3) is 0 Å². The van der Waals surface area contributed by atoms with Gasteiger partial charge in [0.2, 0.25) is 0 Å². The van der Waals surface area contributed by atoms with Gasteiger partial charge in [0, 0.05) is 5.56 Å². The Labute approximate surface area is 100 Å². The lowest BCUT2D eigenvalue weighted by Crippen LogP contribution is -2.31. The summed E-state index contributed by atoms with van der Waals surface area (Å²) >= 11 is 0. The molecule has 0 aliphatic heterocycles. The maximum absolute atomic E-state index is 13.9. The summed E-state index contributed by atoms with van der Waals surface area (Å²) < 4.78 is 27.4. The van der Waals surface area contributed by atoms with Crippen LogP contribution in [0.1, 0.15) is 37.4 Å². The van der Waals surface area contributed by atoms with E-state index in [1.54, 1.807) is 19.1 Å². The van der Waals surface area contributed by atoms with Crippen LogP contribution in [0.15, 0.2) is 12.1 Å². The van der Waals surface area contributed by atoms with Crippen LogP contribution in [0.2, 0.25) is 0 Å². The van der Waals surface area contributed by atoms with Gasteiger partial charge in [0.15, 0.2) is 11.6 Å². The number of rotatable bonds is 3. The van der Waals surface area contributed by atoms with Crippen molar-refractivity contribution < 1.29 is 8.78 Å². The van der Waals surface area contributed by atoms with E-state index in [0.29, 0.717) is 11.1 Å². The number of aryl methyl sites for hydroxylation is 1. The van der Waals surface area contributed by atoms with Crippen LogP contribution in [-0.2, 0) is 0 Å². The summed E-state index contributed by atoms with van der Waals surface area (Å²) in [5.41, 5.74) is 3.40. The maximum atomic E-state index is 13.9. The summed E-state index contributed by atoms with van der Waals surface area (Å²) in [6.45, 7) is 5.75. The van der Waals surface area contributed by atoms with E-state index in [4.69, 9.17) is 5.84 Å². The zero-order valence-electron chi connectivity index (χ0n) is 10.3. The zero-order chi connectivity index (χ0) is 12.8. The van der Waals surface area contributed by atoms with Gasteiger partial charge < -0.3 is 0 Å². The quantitative estimate of drug-likeness (QED) is 0.630. The normalized spacial score (nSPS) is 23.5. The number of nitrogens with two attached hydrogens (primary N) is 1. The van der Waals surface area contributed by atoms with Gasteiger partial charge in [-0.05, 0) is 30.2 Å². The lowest BCUT2D eigenvalue weighted by molar-refractivity contribution is 0.398. The molecule has 3 N–H and O–H groups in total. The number of nitrogens with one attached hydrogen (secondary N) is 1. The molecule has 0 saturated heterocycles. The molecule has 4 heteroatoms. The SMILES string of the molecule is Cc1ccc(C(NN)C2CC2(C)C)c(F)c1F. The summed E-state index contributed by atoms with van der Waals surface area (Å²) in [5.74, 6) is 4.18. The van der Waals surface area contributed by atoms with E-state index < -0.39 is 11.6 Å². The Bertz CT molecular complexity index is 443. The van der Waals surface area contributed by atoms with Crippen molar-refractivity contribution in [2.24, 2.45) is 17.2 Å². The summed E-state index contributed by atoms with van der Waals surface area (Å²) in [6.07, 6.45) is 0.969. The van der Waals surface area contributed by atoms with Crippen LogP contribution >= 0.6 is 0 Å². The summed E-state index contributed by atoms with van der Waals surface area (Å²) in [6, 6.07) is 2.89. The molecule has 94 valence electrons. The van der Waals surface area contributed by atoms with Crippen LogP contribution in [0.5, 0.6) is 0 Å². The van der Waals surface area contributed by atoms with Crippen LogP contribution in [0.25, 0.3) is 0 Å². The Morgan fingerprint density at radius 2 is 1.94 bits per heavy atom. The minimum absolute atomic E-state index is 0.144. The molecule has 1 fully saturated rings. The molecule has 0 heterocycles. The fourth-order valence-corrected chi connectivity index (χ4v) is 2.40. The fourth-order valence-electron chi connectivity index (χ4n) is 2.40. The van der Waals surface area contributed by atoms with E-state index in [-0.39, 0.29) is 17.4 Å². The van der Waals surface area contributed by atoms with Crippen molar-refractivity contribution in [3.63, 3.8) is 0 Å². The van der Waals surface area contributed by atoms with Gasteiger partial charge in [-0.3, -0.25) is 11.3 Å². The topological polar surface area (TPSA) is 38.0 Å². The van der Waals surface area contributed by atoms with Crippen molar-refractivity contribution in [1.29, 1.82) is 0 Å². The van der Waals surface area contributed by atoms with E-state index in [2.05, 4.69) is 19.3 Å². The van der Waals surface area contributed by atoms with Crippen LogP contribution in [-0.4, -0.2) is 0 Å². The number of hydrazine groups is 1. The molecule has 1 saturated carbocycles. The minimum atomic E-state index is -0.782. The Morgan fingerprint density at radius 3 is 2.41 bits per heavy atom. The van der Waals surface area contributed by atoms with Gasteiger partial charge in [-0.25, -0.2) is 8.78 Å². The molecular formula is C13H18F2N2. The first-order valence-corrected chi connectivity index (χ1v) is 5.79. The maximum Gasteiger partial charge on any atom is 0.163 e. The Morgan fingerprint density at radius 1 is 1.35 bits per heavy atom.